The molecule has 110 valence electrons. The largest absolute Gasteiger partial charge is 0.480 e. The maximum atomic E-state index is 12.4. The summed E-state index contributed by atoms with van der Waals surface area (Å²) < 4.78 is 0. The Bertz CT molecular complexity index is 695. The molecule has 0 fully saturated rings. The highest BCUT2D eigenvalue weighted by Crippen LogP contribution is 2.22. The van der Waals surface area contributed by atoms with Crippen molar-refractivity contribution in [1.29, 1.82) is 0 Å². The summed E-state index contributed by atoms with van der Waals surface area (Å²) in [4.78, 5) is 36.2. The van der Waals surface area contributed by atoms with E-state index in [1.54, 1.807) is 5.38 Å². The first-order chi connectivity index (χ1) is 10.0. The molecule has 4 N–H and O–H groups in total. The van der Waals surface area contributed by atoms with Crippen LogP contribution in [0.25, 0.3) is 0 Å². The van der Waals surface area contributed by atoms with Crippen LogP contribution in [0.2, 0.25) is 0 Å². The van der Waals surface area contributed by atoms with Crippen LogP contribution >= 0.6 is 11.3 Å². The molecule has 8 nitrogen and oxygen atoms in total. The van der Waals surface area contributed by atoms with Gasteiger partial charge in [-0.05, 0) is 0 Å². The number of carboxylic acid groups (broad SMARTS) is 1. The molecular weight excluding hydrogens is 294 g/mol. The molecule has 0 bridgehead atoms. The predicted octanol–water partition coefficient (Wildman–Crippen LogP) is 0.0290. The third-order valence-corrected chi connectivity index (χ3v) is 4.13. The zero-order valence-corrected chi connectivity index (χ0v) is 11.8. The van der Waals surface area contributed by atoms with Crippen LogP contribution in [0, 0.1) is 0 Å². The number of aliphatic carboxylic acids is 1. The van der Waals surface area contributed by atoms with Crippen molar-refractivity contribution in [2.75, 3.05) is 5.73 Å². The number of anilines is 1. The Hall–Kier alpha value is -2.42. The van der Waals surface area contributed by atoms with Crippen molar-refractivity contribution in [3.8, 4) is 0 Å². The van der Waals surface area contributed by atoms with Gasteiger partial charge in [0.15, 0.2) is 5.13 Å². The SMILES string of the molecule is Nc1nc(CC(=O)N2Cc3[nH]cnc3CC2C(=O)O)cs1. The topological polar surface area (TPSA) is 125 Å². The second-order valence-corrected chi connectivity index (χ2v) is 5.65. The van der Waals surface area contributed by atoms with Crippen molar-refractivity contribution in [2.24, 2.45) is 0 Å². The zero-order chi connectivity index (χ0) is 15.0. The molecule has 1 atom stereocenters. The van der Waals surface area contributed by atoms with Crippen LogP contribution in [0.1, 0.15) is 17.1 Å². The molecule has 2 aromatic heterocycles. The summed E-state index contributed by atoms with van der Waals surface area (Å²) in [5.74, 6) is -1.32. The lowest BCUT2D eigenvalue weighted by Crippen LogP contribution is -2.49. The highest BCUT2D eigenvalue weighted by atomic mass is 32.1. The fourth-order valence-electron chi connectivity index (χ4n) is 2.38. The third-order valence-electron chi connectivity index (χ3n) is 3.41. The summed E-state index contributed by atoms with van der Waals surface area (Å²) in [6.45, 7) is 0.213. The number of H-pyrrole nitrogens is 1. The Kier molecular flexibility index (Phi) is 3.34. The molecule has 0 saturated carbocycles. The number of imidazole rings is 1. The standard InChI is InChI=1S/C12H13N5O3S/c13-12-16-6(4-21-12)1-10(18)17-3-8-7(14-5-15-8)2-9(17)11(19)20/h4-5,9H,1-3H2,(H2,13,16)(H,14,15)(H,19,20). The average molecular weight is 307 g/mol. The highest BCUT2D eigenvalue weighted by Gasteiger charge is 2.35. The number of hydrogen-bond acceptors (Lipinski definition) is 6. The summed E-state index contributed by atoms with van der Waals surface area (Å²) in [6, 6.07) is -0.899. The van der Waals surface area contributed by atoms with Crippen molar-refractivity contribution in [2.45, 2.75) is 25.4 Å². The van der Waals surface area contributed by atoms with E-state index in [1.807, 2.05) is 0 Å². The lowest BCUT2D eigenvalue weighted by molar-refractivity contribution is -0.151. The van der Waals surface area contributed by atoms with Crippen LogP contribution < -0.4 is 5.73 Å². The first kappa shape index (κ1) is 13.6. The number of nitrogens with two attached hydrogens (primary N) is 1. The summed E-state index contributed by atoms with van der Waals surface area (Å²) >= 11 is 1.25. The van der Waals surface area contributed by atoms with Crippen molar-refractivity contribution in [3.63, 3.8) is 0 Å². The molecule has 0 aromatic carbocycles. The van der Waals surface area contributed by atoms with Crippen LogP contribution in [-0.2, 0) is 29.0 Å². The van der Waals surface area contributed by atoms with E-state index < -0.39 is 12.0 Å². The second-order valence-electron chi connectivity index (χ2n) is 4.76. The normalized spacial score (nSPS) is 17.5. The van der Waals surface area contributed by atoms with E-state index in [0.717, 1.165) is 5.69 Å². The van der Waals surface area contributed by atoms with Gasteiger partial charge in [0.1, 0.15) is 6.04 Å². The molecule has 1 aliphatic heterocycles. The fourth-order valence-corrected chi connectivity index (χ4v) is 2.94. The Morgan fingerprint density at radius 2 is 2.38 bits per heavy atom. The van der Waals surface area contributed by atoms with E-state index >= 15 is 0 Å². The molecule has 0 saturated heterocycles. The minimum Gasteiger partial charge on any atom is -0.480 e. The van der Waals surface area contributed by atoms with Crippen LogP contribution in [-0.4, -0.2) is 42.9 Å². The number of carboxylic acids is 1. The Labute approximate surface area is 123 Å². The molecule has 3 heterocycles. The number of amides is 1. The maximum Gasteiger partial charge on any atom is 0.326 e. The number of rotatable bonds is 3. The van der Waals surface area contributed by atoms with Gasteiger partial charge >= 0.3 is 5.97 Å². The van der Waals surface area contributed by atoms with Crippen molar-refractivity contribution >= 4 is 28.3 Å². The summed E-state index contributed by atoms with van der Waals surface area (Å²) in [5.41, 5.74) is 7.57. The monoisotopic (exact) mass is 307 g/mol. The first-order valence-corrected chi connectivity index (χ1v) is 7.16. The number of hydrogen-bond donors (Lipinski definition) is 3. The number of fused-ring (bicyclic) bond motifs is 1. The number of nitrogens with one attached hydrogen (secondary N) is 1. The second kappa shape index (κ2) is 5.17. The quantitative estimate of drug-likeness (QED) is 0.734. The predicted molar refractivity (Wildman–Crippen MR) is 74.5 cm³/mol. The molecule has 0 aliphatic carbocycles. The molecule has 21 heavy (non-hydrogen) atoms. The van der Waals surface area contributed by atoms with Gasteiger partial charge in [0.25, 0.3) is 0 Å². The molecule has 0 radical (unpaired) electrons. The highest BCUT2D eigenvalue weighted by molar-refractivity contribution is 7.13. The number of nitrogens with zero attached hydrogens (tertiary/aromatic N) is 3. The Morgan fingerprint density at radius 1 is 1.57 bits per heavy atom. The van der Waals surface area contributed by atoms with Crippen LogP contribution in [0.3, 0.4) is 0 Å². The molecule has 1 unspecified atom stereocenters. The number of aromatic nitrogens is 3. The van der Waals surface area contributed by atoms with Gasteiger partial charge in [-0.3, -0.25) is 4.79 Å². The molecule has 0 spiro atoms. The van der Waals surface area contributed by atoms with E-state index in [-0.39, 0.29) is 25.3 Å². The van der Waals surface area contributed by atoms with E-state index in [1.165, 1.54) is 22.6 Å². The molecule has 9 heteroatoms. The van der Waals surface area contributed by atoms with Gasteiger partial charge in [-0.15, -0.1) is 11.3 Å². The van der Waals surface area contributed by atoms with Gasteiger partial charge < -0.3 is 20.7 Å². The van der Waals surface area contributed by atoms with E-state index in [0.29, 0.717) is 16.5 Å². The number of aromatic amines is 1. The van der Waals surface area contributed by atoms with Crippen molar-refractivity contribution < 1.29 is 14.7 Å². The van der Waals surface area contributed by atoms with Gasteiger partial charge in [0, 0.05) is 11.8 Å². The molecular formula is C12H13N5O3S. The smallest absolute Gasteiger partial charge is 0.326 e. The zero-order valence-electron chi connectivity index (χ0n) is 10.9. The molecule has 2 aromatic rings. The summed E-state index contributed by atoms with van der Waals surface area (Å²) in [7, 11) is 0. The van der Waals surface area contributed by atoms with Gasteiger partial charge in [0.2, 0.25) is 5.91 Å². The first-order valence-electron chi connectivity index (χ1n) is 6.28. The molecule has 1 amide bonds. The Morgan fingerprint density at radius 3 is 3.05 bits per heavy atom. The summed E-state index contributed by atoms with van der Waals surface area (Å²) in [6.07, 6.45) is 1.76. The maximum absolute atomic E-state index is 12.4. The van der Waals surface area contributed by atoms with Gasteiger partial charge in [0.05, 0.1) is 36.4 Å². The Balaban J connectivity index is 1.81. The lowest BCUT2D eigenvalue weighted by atomic mass is 10.0. The summed E-state index contributed by atoms with van der Waals surface area (Å²) in [5, 5.41) is 11.4. The lowest BCUT2D eigenvalue weighted by Gasteiger charge is -2.32. The van der Waals surface area contributed by atoms with Gasteiger partial charge in [-0.25, -0.2) is 14.8 Å². The van der Waals surface area contributed by atoms with E-state index in [2.05, 4.69) is 15.0 Å². The average Bonchev–Trinajstić information content (AvgIpc) is 3.05. The van der Waals surface area contributed by atoms with Gasteiger partial charge in [-0.2, -0.15) is 0 Å². The van der Waals surface area contributed by atoms with E-state index in [4.69, 9.17) is 5.73 Å². The van der Waals surface area contributed by atoms with Crippen LogP contribution in [0.5, 0.6) is 0 Å². The van der Waals surface area contributed by atoms with Crippen molar-refractivity contribution in [3.05, 3.63) is 28.8 Å². The third kappa shape index (κ3) is 2.59. The number of carbonyl (C=O) groups excluding carboxylic acids is 1. The minimum absolute atomic E-state index is 0.0426. The van der Waals surface area contributed by atoms with Gasteiger partial charge in [-0.1, -0.05) is 0 Å². The minimum atomic E-state index is -1.03. The number of carbonyl (C=O) groups is 2. The number of nitrogen functional groups attached to an aromatic ring is 1. The van der Waals surface area contributed by atoms with Crippen molar-refractivity contribution in [1.82, 2.24) is 19.9 Å². The van der Waals surface area contributed by atoms with Crippen LogP contribution in [0.4, 0.5) is 5.13 Å². The molecule has 3 rings (SSSR count). The van der Waals surface area contributed by atoms with E-state index in [9.17, 15) is 14.7 Å². The number of thiazole rings is 1. The molecule has 1 aliphatic rings. The van der Waals surface area contributed by atoms with Crippen LogP contribution in [0.15, 0.2) is 11.7 Å². The fraction of sp³-hybridized carbons (Fsp3) is 0.333.